The Kier molecular flexibility index (Phi) is 4.99. The van der Waals surface area contributed by atoms with Gasteiger partial charge in [0.05, 0.1) is 25.4 Å². The maximum atomic E-state index is 12.4. The van der Waals surface area contributed by atoms with Crippen LogP contribution in [0.4, 0.5) is 4.79 Å². The first-order valence-electron chi connectivity index (χ1n) is 8.89. The van der Waals surface area contributed by atoms with E-state index in [1.807, 2.05) is 31.2 Å². The van der Waals surface area contributed by atoms with Crippen molar-refractivity contribution in [2.24, 2.45) is 5.92 Å². The lowest BCUT2D eigenvalue weighted by atomic mass is 9.66. The molecule has 5 heteroatoms. The maximum Gasteiger partial charge on any atom is 0.410 e. The van der Waals surface area contributed by atoms with E-state index in [1.165, 1.54) is 7.11 Å². The quantitative estimate of drug-likeness (QED) is 0.919. The summed E-state index contributed by atoms with van der Waals surface area (Å²) in [6.45, 7) is 3.02. The molecule has 132 valence electrons. The van der Waals surface area contributed by atoms with Gasteiger partial charge in [0.2, 0.25) is 0 Å². The van der Waals surface area contributed by atoms with E-state index in [-0.39, 0.29) is 18.1 Å². The average molecular weight is 333 g/mol. The van der Waals surface area contributed by atoms with Crippen molar-refractivity contribution in [2.45, 2.75) is 50.7 Å². The molecule has 1 saturated carbocycles. The highest BCUT2D eigenvalue weighted by molar-refractivity contribution is 5.69. The van der Waals surface area contributed by atoms with Gasteiger partial charge in [-0.25, -0.2) is 4.79 Å². The van der Waals surface area contributed by atoms with Crippen LogP contribution in [-0.4, -0.2) is 42.0 Å². The number of rotatable bonds is 3. The lowest BCUT2D eigenvalue weighted by Crippen LogP contribution is -2.56. The van der Waals surface area contributed by atoms with Gasteiger partial charge in [-0.2, -0.15) is 0 Å². The van der Waals surface area contributed by atoms with Gasteiger partial charge in [-0.05, 0) is 32.3 Å². The van der Waals surface area contributed by atoms with Crippen molar-refractivity contribution in [1.82, 2.24) is 4.90 Å². The number of likely N-dealkylation sites (tertiary alicyclic amines) is 1. The molecule has 1 aromatic rings. The summed E-state index contributed by atoms with van der Waals surface area (Å²) in [5, 5.41) is 11.2. The molecule has 0 unspecified atom stereocenters. The molecule has 1 aliphatic heterocycles. The molecule has 1 saturated heterocycles. The van der Waals surface area contributed by atoms with Crippen LogP contribution in [-0.2, 0) is 4.74 Å². The molecule has 1 N–H and O–H groups in total. The summed E-state index contributed by atoms with van der Waals surface area (Å²) in [5.74, 6) is 0.800. The molecule has 1 aromatic carbocycles. The van der Waals surface area contributed by atoms with E-state index in [4.69, 9.17) is 9.47 Å². The summed E-state index contributed by atoms with van der Waals surface area (Å²) >= 11 is 0. The number of ether oxygens (including phenoxy) is 2. The van der Waals surface area contributed by atoms with E-state index in [1.54, 1.807) is 4.90 Å². The van der Waals surface area contributed by atoms with Gasteiger partial charge in [-0.1, -0.05) is 31.0 Å². The molecule has 1 aliphatic carbocycles. The van der Waals surface area contributed by atoms with Crippen LogP contribution in [0.5, 0.6) is 5.75 Å². The molecule has 24 heavy (non-hydrogen) atoms. The second kappa shape index (κ2) is 7.01. The predicted molar refractivity (Wildman–Crippen MR) is 91.0 cm³/mol. The SMILES string of the molecule is CCOc1ccccc1[C@H]1[C@@H]2CCCC[C@]2(O)CCN1C(=O)OC. The molecule has 1 amide bonds. The zero-order valence-corrected chi connectivity index (χ0v) is 14.5. The zero-order chi connectivity index (χ0) is 17.2. The summed E-state index contributed by atoms with van der Waals surface area (Å²) in [6.07, 6.45) is 4.12. The van der Waals surface area contributed by atoms with Crippen LogP contribution in [0.25, 0.3) is 0 Å². The number of amides is 1. The normalized spacial score (nSPS) is 29.7. The van der Waals surface area contributed by atoms with E-state index < -0.39 is 5.60 Å². The van der Waals surface area contributed by atoms with Gasteiger partial charge in [0.15, 0.2) is 0 Å². The molecule has 1 heterocycles. The van der Waals surface area contributed by atoms with Crippen molar-refractivity contribution in [3.8, 4) is 5.75 Å². The van der Waals surface area contributed by atoms with Crippen LogP contribution in [0.1, 0.15) is 50.6 Å². The van der Waals surface area contributed by atoms with Crippen LogP contribution >= 0.6 is 0 Å². The second-order valence-electron chi connectivity index (χ2n) is 6.78. The van der Waals surface area contributed by atoms with Crippen molar-refractivity contribution in [2.75, 3.05) is 20.3 Å². The molecular weight excluding hydrogens is 306 g/mol. The van der Waals surface area contributed by atoms with Crippen LogP contribution in [0.3, 0.4) is 0 Å². The van der Waals surface area contributed by atoms with E-state index in [2.05, 4.69) is 0 Å². The number of carbonyl (C=O) groups excluding carboxylic acids is 1. The number of fused-ring (bicyclic) bond motifs is 1. The van der Waals surface area contributed by atoms with Crippen molar-refractivity contribution in [1.29, 1.82) is 0 Å². The predicted octanol–water partition coefficient (Wildman–Crippen LogP) is 3.52. The van der Waals surface area contributed by atoms with Crippen LogP contribution < -0.4 is 4.74 Å². The Balaban J connectivity index is 2.05. The number of carbonyl (C=O) groups is 1. The van der Waals surface area contributed by atoms with Crippen molar-refractivity contribution >= 4 is 6.09 Å². The van der Waals surface area contributed by atoms with Crippen molar-refractivity contribution in [3.63, 3.8) is 0 Å². The maximum absolute atomic E-state index is 12.4. The average Bonchev–Trinajstić information content (AvgIpc) is 2.60. The second-order valence-corrected chi connectivity index (χ2v) is 6.78. The molecule has 0 spiro atoms. The minimum absolute atomic E-state index is 0.0145. The number of methoxy groups -OCH3 is 1. The Morgan fingerprint density at radius 1 is 1.33 bits per heavy atom. The molecule has 5 nitrogen and oxygen atoms in total. The molecule has 2 fully saturated rings. The fourth-order valence-corrected chi connectivity index (χ4v) is 4.40. The molecule has 0 radical (unpaired) electrons. The smallest absolute Gasteiger partial charge is 0.410 e. The van der Waals surface area contributed by atoms with Gasteiger partial charge in [0.25, 0.3) is 0 Å². The molecular formula is C19H27NO4. The molecule has 0 bridgehead atoms. The Hall–Kier alpha value is -1.75. The zero-order valence-electron chi connectivity index (χ0n) is 14.5. The van der Waals surface area contributed by atoms with Crippen LogP contribution in [0.15, 0.2) is 24.3 Å². The minimum atomic E-state index is -0.702. The van der Waals surface area contributed by atoms with Gasteiger partial charge in [-0.3, -0.25) is 0 Å². The third kappa shape index (κ3) is 2.97. The molecule has 0 aromatic heterocycles. The minimum Gasteiger partial charge on any atom is -0.494 e. The van der Waals surface area contributed by atoms with Gasteiger partial charge in [-0.15, -0.1) is 0 Å². The van der Waals surface area contributed by atoms with Crippen LogP contribution in [0.2, 0.25) is 0 Å². The highest BCUT2D eigenvalue weighted by Gasteiger charge is 2.51. The fourth-order valence-electron chi connectivity index (χ4n) is 4.40. The van der Waals surface area contributed by atoms with Crippen molar-refractivity contribution < 1.29 is 19.4 Å². The number of piperidine rings is 1. The number of para-hydroxylation sites is 1. The van der Waals surface area contributed by atoms with E-state index in [9.17, 15) is 9.90 Å². The number of hydrogen-bond acceptors (Lipinski definition) is 4. The summed E-state index contributed by atoms with van der Waals surface area (Å²) in [5.41, 5.74) is 0.266. The number of aliphatic hydroxyl groups is 1. The third-order valence-electron chi connectivity index (χ3n) is 5.51. The first-order valence-corrected chi connectivity index (χ1v) is 8.89. The first kappa shape index (κ1) is 17.1. The summed E-state index contributed by atoms with van der Waals surface area (Å²) < 4.78 is 10.8. The highest BCUT2D eigenvalue weighted by atomic mass is 16.5. The summed E-state index contributed by atoms with van der Waals surface area (Å²) in [7, 11) is 1.41. The van der Waals surface area contributed by atoms with Gasteiger partial charge in [0.1, 0.15) is 5.75 Å². The first-order chi connectivity index (χ1) is 11.6. The topological polar surface area (TPSA) is 59.0 Å². The Morgan fingerprint density at radius 3 is 2.88 bits per heavy atom. The van der Waals surface area contributed by atoms with Crippen molar-refractivity contribution in [3.05, 3.63) is 29.8 Å². The fraction of sp³-hybridized carbons (Fsp3) is 0.632. The van der Waals surface area contributed by atoms with Crippen LogP contribution in [0, 0.1) is 5.92 Å². The largest absolute Gasteiger partial charge is 0.494 e. The lowest BCUT2D eigenvalue weighted by Gasteiger charge is -2.52. The van der Waals surface area contributed by atoms with Gasteiger partial charge >= 0.3 is 6.09 Å². The molecule has 3 rings (SSSR count). The third-order valence-corrected chi connectivity index (χ3v) is 5.51. The van der Waals surface area contributed by atoms with Gasteiger partial charge < -0.3 is 19.5 Å². The Bertz CT molecular complexity index is 590. The van der Waals surface area contributed by atoms with E-state index in [0.29, 0.717) is 19.6 Å². The number of hydrogen-bond donors (Lipinski definition) is 1. The van der Waals surface area contributed by atoms with E-state index in [0.717, 1.165) is 37.0 Å². The molecule has 3 atom stereocenters. The lowest BCUT2D eigenvalue weighted by molar-refractivity contribution is -0.118. The summed E-state index contributed by atoms with van der Waals surface area (Å²) in [4.78, 5) is 14.1. The Morgan fingerprint density at radius 2 is 2.12 bits per heavy atom. The van der Waals surface area contributed by atoms with Gasteiger partial charge in [0, 0.05) is 18.0 Å². The monoisotopic (exact) mass is 333 g/mol. The van der Waals surface area contributed by atoms with E-state index >= 15 is 0 Å². The number of nitrogens with zero attached hydrogens (tertiary/aromatic N) is 1. The highest BCUT2D eigenvalue weighted by Crippen LogP contribution is 2.50. The number of benzene rings is 1. The standard InChI is InChI=1S/C19H27NO4/c1-3-24-16-10-5-4-8-14(16)17-15-9-6-7-11-19(15,22)12-13-20(17)18(21)23-2/h4-5,8,10,15,17,22H,3,6-7,9,11-13H2,1-2H3/t15-,17-,19-/m0/s1. The Labute approximate surface area is 143 Å². The summed E-state index contributed by atoms with van der Waals surface area (Å²) in [6, 6.07) is 7.63. The molecule has 2 aliphatic rings.